The van der Waals surface area contributed by atoms with Crippen molar-refractivity contribution in [2.45, 2.75) is 25.8 Å². The van der Waals surface area contributed by atoms with E-state index in [-0.39, 0.29) is 0 Å². The minimum absolute atomic E-state index is 0.376. The molecule has 1 aromatic rings. The highest BCUT2D eigenvalue weighted by Gasteiger charge is 2.27. The monoisotopic (exact) mass is 246 g/mol. The first-order valence-electron chi connectivity index (χ1n) is 6.97. The fraction of sp³-hybridized carbons (Fsp3) is 0.600. The van der Waals surface area contributed by atoms with E-state index in [1.807, 2.05) is 0 Å². The van der Waals surface area contributed by atoms with Crippen molar-refractivity contribution in [2.24, 2.45) is 11.7 Å². The summed E-state index contributed by atoms with van der Waals surface area (Å²) in [5.74, 6) is 1.86. The van der Waals surface area contributed by atoms with E-state index in [4.69, 9.17) is 10.5 Å². The molecule has 3 nitrogen and oxygen atoms in total. The molecular weight excluding hydrogens is 224 g/mol. The summed E-state index contributed by atoms with van der Waals surface area (Å²) in [6, 6.07) is 6.97. The summed E-state index contributed by atoms with van der Waals surface area (Å²) in [4.78, 5) is 2.53. The highest BCUT2D eigenvalue weighted by atomic mass is 16.5. The molecule has 0 radical (unpaired) electrons. The van der Waals surface area contributed by atoms with E-state index < -0.39 is 0 Å². The topological polar surface area (TPSA) is 38.5 Å². The van der Waals surface area contributed by atoms with Gasteiger partial charge in [0, 0.05) is 25.6 Å². The standard InChI is InChI=1S/C15H22N2O/c1-11-4-6-17(10-11)14(9-16)12-2-3-15-13(8-12)5-7-18-15/h2-3,8,11,14H,4-7,9-10,16H2,1H3. The number of nitrogens with zero attached hydrogens (tertiary/aromatic N) is 1. The highest BCUT2D eigenvalue weighted by molar-refractivity contribution is 5.41. The van der Waals surface area contributed by atoms with Gasteiger partial charge in [0.1, 0.15) is 5.75 Å². The lowest BCUT2D eigenvalue weighted by Gasteiger charge is -2.27. The van der Waals surface area contributed by atoms with Crippen molar-refractivity contribution >= 4 is 0 Å². The number of rotatable bonds is 3. The van der Waals surface area contributed by atoms with Crippen molar-refractivity contribution in [3.8, 4) is 5.75 Å². The molecule has 2 heterocycles. The maximum atomic E-state index is 6.00. The SMILES string of the molecule is CC1CCN(C(CN)c2ccc3c(c2)CCO3)C1. The molecule has 3 heteroatoms. The number of fused-ring (bicyclic) bond motifs is 1. The summed E-state index contributed by atoms with van der Waals surface area (Å²) >= 11 is 0. The Labute approximate surface area is 109 Å². The van der Waals surface area contributed by atoms with E-state index in [0.29, 0.717) is 12.6 Å². The second-order valence-corrected chi connectivity index (χ2v) is 5.61. The molecule has 1 fully saturated rings. The predicted molar refractivity (Wildman–Crippen MR) is 72.8 cm³/mol. The maximum absolute atomic E-state index is 6.00. The largest absolute Gasteiger partial charge is 0.493 e. The van der Waals surface area contributed by atoms with E-state index in [9.17, 15) is 0 Å². The fourth-order valence-corrected chi connectivity index (χ4v) is 3.16. The van der Waals surface area contributed by atoms with Crippen LogP contribution in [0.5, 0.6) is 5.75 Å². The molecule has 2 N–H and O–H groups in total. The molecular formula is C15H22N2O. The molecule has 2 aliphatic heterocycles. The first-order valence-corrected chi connectivity index (χ1v) is 6.97. The molecule has 0 spiro atoms. The van der Waals surface area contributed by atoms with E-state index in [2.05, 4.69) is 30.0 Å². The van der Waals surface area contributed by atoms with E-state index >= 15 is 0 Å². The number of benzene rings is 1. The number of hydrogen-bond donors (Lipinski definition) is 1. The molecule has 98 valence electrons. The zero-order valence-corrected chi connectivity index (χ0v) is 11.1. The van der Waals surface area contributed by atoms with Crippen LogP contribution in [0, 0.1) is 5.92 Å². The molecule has 0 aromatic heterocycles. The van der Waals surface area contributed by atoms with E-state index in [1.165, 1.54) is 30.6 Å². The van der Waals surface area contributed by atoms with Gasteiger partial charge in [0.25, 0.3) is 0 Å². The number of hydrogen-bond acceptors (Lipinski definition) is 3. The summed E-state index contributed by atoms with van der Waals surface area (Å²) < 4.78 is 5.56. The number of likely N-dealkylation sites (tertiary alicyclic amines) is 1. The van der Waals surface area contributed by atoms with Crippen LogP contribution in [0.15, 0.2) is 18.2 Å². The molecule has 2 unspecified atom stereocenters. The summed E-state index contributed by atoms with van der Waals surface area (Å²) in [5, 5.41) is 0. The lowest BCUT2D eigenvalue weighted by atomic mass is 10.0. The number of nitrogens with two attached hydrogens (primary N) is 1. The Hall–Kier alpha value is -1.06. The quantitative estimate of drug-likeness (QED) is 0.886. The zero-order chi connectivity index (χ0) is 12.5. The van der Waals surface area contributed by atoms with Crippen LogP contribution in [-0.2, 0) is 6.42 Å². The Balaban J connectivity index is 1.83. The summed E-state index contributed by atoms with van der Waals surface area (Å²) in [6.45, 7) is 6.20. The van der Waals surface area contributed by atoms with Gasteiger partial charge in [0.2, 0.25) is 0 Å². The second-order valence-electron chi connectivity index (χ2n) is 5.61. The van der Waals surface area contributed by atoms with Crippen LogP contribution < -0.4 is 10.5 Å². The molecule has 0 bridgehead atoms. The van der Waals surface area contributed by atoms with Crippen LogP contribution in [-0.4, -0.2) is 31.1 Å². The number of ether oxygens (including phenoxy) is 1. The molecule has 1 aromatic carbocycles. The lowest BCUT2D eigenvalue weighted by molar-refractivity contribution is 0.243. The third kappa shape index (κ3) is 2.13. The summed E-state index contributed by atoms with van der Waals surface area (Å²) in [6.07, 6.45) is 2.33. The van der Waals surface area contributed by atoms with Crippen LogP contribution >= 0.6 is 0 Å². The van der Waals surface area contributed by atoms with Crippen LogP contribution in [0.25, 0.3) is 0 Å². The Bertz CT molecular complexity index is 433. The predicted octanol–water partition coefficient (Wildman–Crippen LogP) is 1.96. The van der Waals surface area contributed by atoms with Gasteiger partial charge < -0.3 is 10.5 Å². The zero-order valence-electron chi connectivity index (χ0n) is 11.1. The Morgan fingerprint density at radius 1 is 1.50 bits per heavy atom. The Morgan fingerprint density at radius 3 is 3.11 bits per heavy atom. The molecule has 0 amide bonds. The minimum Gasteiger partial charge on any atom is -0.493 e. The lowest BCUT2D eigenvalue weighted by Crippen LogP contribution is -2.32. The minimum atomic E-state index is 0.376. The second kappa shape index (κ2) is 4.90. The van der Waals surface area contributed by atoms with Gasteiger partial charge >= 0.3 is 0 Å². The van der Waals surface area contributed by atoms with Gasteiger partial charge in [-0.05, 0) is 36.1 Å². The van der Waals surface area contributed by atoms with Crippen LogP contribution in [0.3, 0.4) is 0 Å². The molecule has 2 aliphatic rings. The highest BCUT2D eigenvalue weighted by Crippen LogP contribution is 2.32. The van der Waals surface area contributed by atoms with E-state index in [1.54, 1.807) is 0 Å². The van der Waals surface area contributed by atoms with Crippen molar-refractivity contribution in [3.63, 3.8) is 0 Å². The molecule has 2 atom stereocenters. The Kier molecular flexibility index (Phi) is 3.27. The van der Waals surface area contributed by atoms with Crippen molar-refractivity contribution in [3.05, 3.63) is 29.3 Å². The fourth-order valence-electron chi connectivity index (χ4n) is 3.16. The third-order valence-corrected chi connectivity index (χ3v) is 4.22. The molecule has 3 rings (SSSR count). The van der Waals surface area contributed by atoms with Gasteiger partial charge in [-0.3, -0.25) is 4.90 Å². The van der Waals surface area contributed by atoms with Gasteiger partial charge in [-0.15, -0.1) is 0 Å². The normalized spacial score (nSPS) is 24.9. The smallest absolute Gasteiger partial charge is 0.122 e. The Morgan fingerprint density at radius 2 is 2.39 bits per heavy atom. The van der Waals surface area contributed by atoms with Crippen LogP contribution in [0.4, 0.5) is 0 Å². The molecule has 1 saturated heterocycles. The van der Waals surface area contributed by atoms with Crippen molar-refractivity contribution < 1.29 is 4.74 Å². The first kappa shape index (κ1) is 12.0. The molecule has 18 heavy (non-hydrogen) atoms. The van der Waals surface area contributed by atoms with Gasteiger partial charge in [0.05, 0.1) is 6.61 Å². The van der Waals surface area contributed by atoms with Crippen LogP contribution in [0.1, 0.15) is 30.5 Å². The van der Waals surface area contributed by atoms with Gasteiger partial charge in [-0.2, -0.15) is 0 Å². The van der Waals surface area contributed by atoms with E-state index in [0.717, 1.165) is 24.7 Å². The van der Waals surface area contributed by atoms with Gasteiger partial charge in [-0.25, -0.2) is 0 Å². The summed E-state index contributed by atoms with van der Waals surface area (Å²) in [7, 11) is 0. The third-order valence-electron chi connectivity index (χ3n) is 4.22. The van der Waals surface area contributed by atoms with Crippen LogP contribution in [0.2, 0.25) is 0 Å². The van der Waals surface area contributed by atoms with Crippen molar-refractivity contribution in [1.29, 1.82) is 0 Å². The summed E-state index contributed by atoms with van der Waals surface area (Å²) in [5.41, 5.74) is 8.71. The maximum Gasteiger partial charge on any atom is 0.122 e. The van der Waals surface area contributed by atoms with Crippen molar-refractivity contribution in [1.82, 2.24) is 4.90 Å². The molecule has 0 saturated carbocycles. The average molecular weight is 246 g/mol. The average Bonchev–Trinajstić information content (AvgIpc) is 2.99. The first-order chi connectivity index (χ1) is 8.78. The van der Waals surface area contributed by atoms with Gasteiger partial charge in [-0.1, -0.05) is 19.1 Å². The van der Waals surface area contributed by atoms with Gasteiger partial charge in [0.15, 0.2) is 0 Å². The molecule has 0 aliphatic carbocycles. The van der Waals surface area contributed by atoms with Crippen molar-refractivity contribution in [2.75, 3.05) is 26.2 Å².